The van der Waals surface area contributed by atoms with Crippen LogP contribution in [0.1, 0.15) is 58.8 Å². The molecule has 0 spiro atoms. The van der Waals surface area contributed by atoms with Gasteiger partial charge in [-0.2, -0.15) is 0 Å². The predicted octanol–water partition coefficient (Wildman–Crippen LogP) is 3.81. The molecule has 1 N–H and O–H groups in total. The van der Waals surface area contributed by atoms with Crippen molar-refractivity contribution in [2.75, 3.05) is 47.3 Å². The van der Waals surface area contributed by atoms with Crippen LogP contribution in [0.5, 0.6) is 0 Å². The van der Waals surface area contributed by atoms with E-state index in [0.29, 0.717) is 0 Å². The third kappa shape index (κ3) is 14.9. The van der Waals surface area contributed by atoms with Crippen LogP contribution < -0.4 is 5.32 Å². The summed E-state index contributed by atoms with van der Waals surface area (Å²) in [7, 11) is 6.43. The largest absolute Gasteiger partial charge is 0.357 e. The van der Waals surface area contributed by atoms with Crippen LogP contribution in [0.4, 0.5) is 0 Å². The van der Waals surface area contributed by atoms with E-state index in [-0.39, 0.29) is 24.0 Å². The highest BCUT2D eigenvalue weighted by atomic mass is 127. The van der Waals surface area contributed by atoms with Crippen LogP contribution in [0.3, 0.4) is 0 Å². The van der Waals surface area contributed by atoms with Gasteiger partial charge in [-0.25, -0.2) is 0 Å². The predicted molar refractivity (Wildman–Crippen MR) is 111 cm³/mol. The molecule has 0 saturated carbocycles. The molecule has 0 aromatic rings. The molecule has 0 amide bonds. The Labute approximate surface area is 156 Å². The van der Waals surface area contributed by atoms with E-state index in [4.69, 9.17) is 4.99 Å². The Kier molecular flexibility index (Phi) is 19.1. The average molecular weight is 426 g/mol. The van der Waals surface area contributed by atoms with Crippen molar-refractivity contribution in [1.29, 1.82) is 0 Å². The Bertz CT molecular complexity index is 257. The monoisotopic (exact) mass is 426 g/mol. The normalized spacial score (nSPS) is 11.5. The zero-order valence-electron chi connectivity index (χ0n) is 15.5. The van der Waals surface area contributed by atoms with E-state index in [0.717, 1.165) is 25.6 Å². The van der Waals surface area contributed by atoms with Crippen LogP contribution in [-0.2, 0) is 0 Å². The maximum Gasteiger partial charge on any atom is 0.193 e. The second-order valence-corrected chi connectivity index (χ2v) is 6.08. The molecule has 0 atom stereocenters. The minimum absolute atomic E-state index is 0. The van der Waals surface area contributed by atoms with Gasteiger partial charge in [-0.1, -0.05) is 32.6 Å². The summed E-state index contributed by atoms with van der Waals surface area (Å²) in [4.78, 5) is 9.25. The van der Waals surface area contributed by atoms with Gasteiger partial charge < -0.3 is 15.1 Å². The van der Waals surface area contributed by atoms with Crippen molar-refractivity contribution < 1.29 is 0 Å². The van der Waals surface area contributed by atoms with Crippen LogP contribution in [0.2, 0.25) is 0 Å². The third-order valence-electron chi connectivity index (χ3n) is 3.57. The van der Waals surface area contributed by atoms with Crippen LogP contribution in [0.25, 0.3) is 0 Å². The first-order chi connectivity index (χ1) is 10.1. The summed E-state index contributed by atoms with van der Waals surface area (Å²) in [6, 6.07) is 0. The third-order valence-corrected chi connectivity index (χ3v) is 3.57. The molecule has 0 unspecified atom stereocenters. The number of hydrogen-bond donors (Lipinski definition) is 1. The first-order valence-electron chi connectivity index (χ1n) is 8.76. The molecule has 0 aliphatic rings. The first-order valence-corrected chi connectivity index (χ1v) is 8.76. The van der Waals surface area contributed by atoms with Crippen LogP contribution in [0.15, 0.2) is 4.99 Å². The van der Waals surface area contributed by atoms with E-state index in [1.165, 1.54) is 51.5 Å². The van der Waals surface area contributed by atoms with Gasteiger partial charge in [-0.15, -0.1) is 24.0 Å². The Morgan fingerprint density at radius 2 is 1.50 bits per heavy atom. The molecule has 0 bridgehead atoms. The number of guanidine groups is 1. The molecule has 22 heavy (non-hydrogen) atoms. The topological polar surface area (TPSA) is 30.9 Å². The smallest absolute Gasteiger partial charge is 0.193 e. The zero-order valence-corrected chi connectivity index (χ0v) is 17.9. The summed E-state index contributed by atoms with van der Waals surface area (Å²) in [5.74, 6) is 1.07. The van der Waals surface area contributed by atoms with Crippen LogP contribution in [-0.4, -0.2) is 63.1 Å². The number of rotatable bonds is 12. The molecule has 0 heterocycles. The zero-order chi connectivity index (χ0) is 15.9. The van der Waals surface area contributed by atoms with Crippen LogP contribution >= 0.6 is 24.0 Å². The number of nitrogens with zero attached hydrogens (tertiary/aromatic N) is 3. The van der Waals surface area contributed by atoms with Gasteiger partial charge in [-0.05, 0) is 46.8 Å². The highest BCUT2D eigenvalue weighted by Crippen LogP contribution is 2.04. The SMILES string of the molecule is CCCCN(C)C(=NCCCCCCCN(C)C)NCC.I. The van der Waals surface area contributed by atoms with E-state index in [1.54, 1.807) is 0 Å². The van der Waals surface area contributed by atoms with Crippen LogP contribution in [0, 0.1) is 0 Å². The molecule has 4 nitrogen and oxygen atoms in total. The van der Waals surface area contributed by atoms with Gasteiger partial charge in [0.2, 0.25) is 0 Å². The Hall–Kier alpha value is -0.0400. The Morgan fingerprint density at radius 3 is 2.09 bits per heavy atom. The van der Waals surface area contributed by atoms with E-state index in [9.17, 15) is 0 Å². The van der Waals surface area contributed by atoms with Gasteiger partial charge in [-0.3, -0.25) is 4.99 Å². The summed E-state index contributed by atoms with van der Waals surface area (Å²) in [6.45, 7) is 8.56. The molecule has 5 heteroatoms. The molecule has 134 valence electrons. The Morgan fingerprint density at radius 1 is 0.864 bits per heavy atom. The van der Waals surface area contributed by atoms with Gasteiger partial charge in [0.05, 0.1) is 0 Å². The Balaban J connectivity index is 0. The average Bonchev–Trinajstić information content (AvgIpc) is 2.45. The number of aliphatic imine (C=N–C) groups is 1. The summed E-state index contributed by atoms with van der Waals surface area (Å²) < 4.78 is 0. The molecule has 0 saturated heterocycles. The maximum absolute atomic E-state index is 4.74. The molecule has 0 rings (SSSR count). The minimum Gasteiger partial charge on any atom is -0.357 e. The molecule has 0 radical (unpaired) electrons. The van der Waals surface area contributed by atoms with E-state index in [2.05, 4.69) is 50.1 Å². The number of halogens is 1. The molecule has 0 aliphatic carbocycles. The number of unbranched alkanes of at least 4 members (excludes halogenated alkanes) is 5. The molecule has 0 aromatic carbocycles. The number of nitrogens with one attached hydrogen (secondary N) is 1. The molecule has 0 fully saturated rings. The van der Waals surface area contributed by atoms with E-state index in [1.807, 2.05) is 0 Å². The highest BCUT2D eigenvalue weighted by Gasteiger charge is 2.03. The van der Waals surface area contributed by atoms with Crippen molar-refractivity contribution >= 4 is 29.9 Å². The lowest BCUT2D eigenvalue weighted by atomic mass is 10.1. The van der Waals surface area contributed by atoms with Gasteiger partial charge >= 0.3 is 0 Å². The standard InChI is InChI=1S/C17H38N4.HI/c1-6-8-16-21(5)17(18-7-2)19-14-12-10-9-11-13-15-20(3)4;/h6-16H2,1-5H3,(H,18,19);1H. The fourth-order valence-electron chi connectivity index (χ4n) is 2.23. The molecular weight excluding hydrogens is 387 g/mol. The van der Waals surface area contributed by atoms with E-state index >= 15 is 0 Å². The second-order valence-electron chi connectivity index (χ2n) is 6.08. The maximum atomic E-state index is 4.74. The molecule has 0 aromatic heterocycles. The summed E-state index contributed by atoms with van der Waals surface area (Å²) >= 11 is 0. The van der Waals surface area contributed by atoms with Crippen molar-refractivity contribution in [3.05, 3.63) is 0 Å². The van der Waals surface area contributed by atoms with Gasteiger partial charge in [0.25, 0.3) is 0 Å². The lowest BCUT2D eigenvalue weighted by Crippen LogP contribution is -2.39. The number of hydrogen-bond acceptors (Lipinski definition) is 2. The fourth-order valence-corrected chi connectivity index (χ4v) is 2.23. The van der Waals surface area contributed by atoms with Gasteiger partial charge in [0.15, 0.2) is 5.96 Å². The fraction of sp³-hybridized carbons (Fsp3) is 0.941. The van der Waals surface area contributed by atoms with Crippen molar-refractivity contribution in [3.63, 3.8) is 0 Å². The summed E-state index contributed by atoms with van der Waals surface area (Å²) in [5.41, 5.74) is 0. The molecular formula is C17H39IN4. The van der Waals surface area contributed by atoms with Crippen molar-refractivity contribution in [3.8, 4) is 0 Å². The lowest BCUT2D eigenvalue weighted by Gasteiger charge is -2.21. The highest BCUT2D eigenvalue weighted by molar-refractivity contribution is 14.0. The molecule has 0 aliphatic heterocycles. The summed E-state index contributed by atoms with van der Waals surface area (Å²) in [6.07, 6.45) is 8.97. The quantitative estimate of drug-likeness (QED) is 0.223. The van der Waals surface area contributed by atoms with Crippen molar-refractivity contribution in [2.45, 2.75) is 58.8 Å². The summed E-state index contributed by atoms with van der Waals surface area (Å²) in [5, 5.41) is 3.39. The van der Waals surface area contributed by atoms with Crippen molar-refractivity contribution in [1.82, 2.24) is 15.1 Å². The van der Waals surface area contributed by atoms with Gasteiger partial charge in [0.1, 0.15) is 0 Å². The van der Waals surface area contributed by atoms with E-state index < -0.39 is 0 Å². The lowest BCUT2D eigenvalue weighted by molar-refractivity contribution is 0.390. The minimum atomic E-state index is 0. The first kappa shape index (κ1) is 24.2. The van der Waals surface area contributed by atoms with Gasteiger partial charge in [0, 0.05) is 26.7 Å². The van der Waals surface area contributed by atoms with Crippen molar-refractivity contribution in [2.24, 2.45) is 4.99 Å². The second kappa shape index (κ2) is 17.3.